The van der Waals surface area contributed by atoms with Crippen LogP contribution >= 0.6 is 0 Å². The number of benzene rings is 2. The highest BCUT2D eigenvalue weighted by molar-refractivity contribution is 5.86. The van der Waals surface area contributed by atoms with Crippen molar-refractivity contribution in [1.29, 1.82) is 0 Å². The van der Waals surface area contributed by atoms with Crippen LogP contribution in [-0.4, -0.2) is 11.8 Å². The van der Waals surface area contributed by atoms with E-state index in [1.54, 1.807) is 0 Å². The lowest BCUT2D eigenvalue weighted by molar-refractivity contribution is -0.133. The lowest BCUT2D eigenvalue weighted by Crippen LogP contribution is -2.44. The molecule has 1 aliphatic rings. The zero-order valence-electron chi connectivity index (χ0n) is 14.5. The molecule has 0 atom stereocenters. The minimum Gasteiger partial charge on any atom is -0.203 e. The van der Waals surface area contributed by atoms with Crippen LogP contribution in [0.5, 0.6) is 0 Å². The van der Waals surface area contributed by atoms with Gasteiger partial charge < -0.3 is 0 Å². The second-order valence-electron chi connectivity index (χ2n) is 6.43. The van der Waals surface area contributed by atoms with Crippen LogP contribution in [0.25, 0.3) is 11.1 Å². The molecule has 0 saturated heterocycles. The third-order valence-electron chi connectivity index (χ3n) is 4.62. The van der Waals surface area contributed by atoms with Gasteiger partial charge in [-0.1, -0.05) is 36.4 Å². The van der Waals surface area contributed by atoms with E-state index < -0.39 is 57.4 Å². The number of halogens is 8. The molecule has 2 aromatic rings. The molecule has 0 nitrogen and oxygen atoms in total. The molecule has 8 heteroatoms. The third kappa shape index (κ3) is 2.73. The fraction of sp³-hybridized carbons (Fsp3) is 0.200. The van der Waals surface area contributed by atoms with Gasteiger partial charge in [0.25, 0.3) is 0 Å². The Morgan fingerprint density at radius 2 is 0.857 bits per heavy atom. The number of hydrogen-bond donors (Lipinski definition) is 0. The van der Waals surface area contributed by atoms with E-state index in [9.17, 15) is 35.1 Å². The fourth-order valence-electron chi connectivity index (χ4n) is 2.94. The predicted octanol–water partition coefficient (Wildman–Crippen LogP) is 6.61. The standard InChI is InChI=1S/C20H12F8/c1-9-3-5-11(17(23)15(9)21)13-7-8-14(20(27,28)19(13,25)26)12-6-4-10(2)16(22)18(12)24/h3-8H,1-2H3. The Hall–Kier alpha value is -2.64. The molecule has 0 heterocycles. The summed E-state index contributed by atoms with van der Waals surface area (Å²) in [5.41, 5.74) is -5.41. The van der Waals surface area contributed by atoms with E-state index in [1.165, 1.54) is 13.8 Å². The SMILES string of the molecule is Cc1ccc(C2=CC=C(c3ccc(C)c(F)c3F)C(F)(F)C2(F)F)c(F)c1F. The van der Waals surface area contributed by atoms with Crippen molar-refractivity contribution in [3.05, 3.63) is 81.9 Å². The highest BCUT2D eigenvalue weighted by Gasteiger charge is 2.63. The van der Waals surface area contributed by atoms with Gasteiger partial charge in [-0.3, -0.25) is 0 Å². The third-order valence-corrected chi connectivity index (χ3v) is 4.62. The van der Waals surface area contributed by atoms with Crippen molar-refractivity contribution in [3.63, 3.8) is 0 Å². The number of aryl methyl sites for hydroxylation is 2. The van der Waals surface area contributed by atoms with Gasteiger partial charge in [0.1, 0.15) is 0 Å². The Labute approximate surface area is 154 Å². The van der Waals surface area contributed by atoms with Crippen molar-refractivity contribution in [1.82, 2.24) is 0 Å². The maximum Gasteiger partial charge on any atom is 0.340 e. The minimum absolute atomic E-state index is 0.193. The molecule has 0 fully saturated rings. The van der Waals surface area contributed by atoms with Gasteiger partial charge in [0.15, 0.2) is 23.3 Å². The Kier molecular flexibility index (Phi) is 4.64. The van der Waals surface area contributed by atoms with E-state index >= 15 is 0 Å². The molecule has 0 unspecified atom stereocenters. The molecule has 28 heavy (non-hydrogen) atoms. The van der Waals surface area contributed by atoms with E-state index in [1.807, 2.05) is 0 Å². The molecule has 0 aliphatic heterocycles. The first kappa shape index (κ1) is 20.1. The van der Waals surface area contributed by atoms with Gasteiger partial charge in [-0.05, 0) is 25.0 Å². The average Bonchev–Trinajstić information content (AvgIpc) is 2.62. The van der Waals surface area contributed by atoms with Crippen molar-refractivity contribution in [2.75, 3.05) is 0 Å². The van der Waals surface area contributed by atoms with Gasteiger partial charge in [-0.2, -0.15) is 17.6 Å². The molecular weight excluding hydrogens is 392 g/mol. The van der Waals surface area contributed by atoms with Gasteiger partial charge in [0.2, 0.25) is 0 Å². The number of alkyl halides is 4. The second-order valence-corrected chi connectivity index (χ2v) is 6.43. The van der Waals surface area contributed by atoms with Gasteiger partial charge in [0, 0.05) is 22.3 Å². The van der Waals surface area contributed by atoms with Crippen molar-refractivity contribution in [2.24, 2.45) is 0 Å². The first-order chi connectivity index (χ1) is 12.9. The summed E-state index contributed by atoms with van der Waals surface area (Å²) in [6.45, 7) is 2.35. The highest BCUT2D eigenvalue weighted by atomic mass is 19.3. The van der Waals surface area contributed by atoms with Crippen LogP contribution in [-0.2, 0) is 0 Å². The summed E-state index contributed by atoms with van der Waals surface area (Å²) in [4.78, 5) is 0. The number of hydrogen-bond acceptors (Lipinski definition) is 0. The maximum absolute atomic E-state index is 14.6. The molecule has 0 N–H and O–H groups in total. The lowest BCUT2D eigenvalue weighted by Gasteiger charge is -2.33. The van der Waals surface area contributed by atoms with Crippen LogP contribution in [0.4, 0.5) is 35.1 Å². The fourth-order valence-corrected chi connectivity index (χ4v) is 2.94. The van der Waals surface area contributed by atoms with E-state index in [4.69, 9.17) is 0 Å². The topological polar surface area (TPSA) is 0 Å². The zero-order valence-corrected chi connectivity index (χ0v) is 14.5. The molecule has 2 aromatic carbocycles. The van der Waals surface area contributed by atoms with Crippen LogP contribution in [0.3, 0.4) is 0 Å². The van der Waals surface area contributed by atoms with E-state index in [0.29, 0.717) is 12.2 Å². The summed E-state index contributed by atoms with van der Waals surface area (Å²) >= 11 is 0. The first-order valence-corrected chi connectivity index (χ1v) is 7.99. The molecule has 0 radical (unpaired) electrons. The zero-order chi connectivity index (χ0) is 21.0. The summed E-state index contributed by atoms with van der Waals surface area (Å²) in [5, 5.41) is 0. The van der Waals surface area contributed by atoms with E-state index in [-0.39, 0.29) is 11.1 Å². The van der Waals surface area contributed by atoms with Crippen molar-refractivity contribution in [3.8, 4) is 0 Å². The Morgan fingerprint density at radius 3 is 1.18 bits per heavy atom. The smallest absolute Gasteiger partial charge is 0.203 e. The molecular formula is C20H12F8. The molecule has 0 amide bonds. The Morgan fingerprint density at radius 1 is 0.536 bits per heavy atom. The van der Waals surface area contributed by atoms with Crippen LogP contribution in [0.15, 0.2) is 36.4 Å². The van der Waals surface area contributed by atoms with Gasteiger partial charge >= 0.3 is 11.8 Å². The molecule has 0 saturated carbocycles. The van der Waals surface area contributed by atoms with Gasteiger partial charge in [-0.25, -0.2) is 17.6 Å². The number of allylic oxidation sites excluding steroid dienone is 4. The second kappa shape index (κ2) is 6.46. The number of rotatable bonds is 2. The molecule has 0 aromatic heterocycles. The van der Waals surface area contributed by atoms with Gasteiger partial charge in [0.05, 0.1) is 0 Å². The normalized spacial score (nSPS) is 17.9. The summed E-state index contributed by atoms with van der Waals surface area (Å²) in [6.07, 6.45) is 0.911. The maximum atomic E-state index is 14.6. The molecule has 0 bridgehead atoms. The summed E-state index contributed by atoms with van der Waals surface area (Å²) in [6, 6.07) is 3.46. The predicted molar refractivity (Wildman–Crippen MR) is 88.0 cm³/mol. The largest absolute Gasteiger partial charge is 0.340 e. The monoisotopic (exact) mass is 404 g/mol. The molecule has 3 rings (SSSR count). The minimum atomic E-state index is -5.01. The van der Waals surface area contributed by atoms with E-state index in [0.717, 1.165) is 24.3 Å². The van der Waals surface area contributed by atoms with Crippen molar-refractivity contribution in [2.45, 2.75) is 25.7 Å². The first-order valence-electron chi connectivity index (χ1n) is 7.99. The molecule has 1 aliphatic carbocycles. The molecule has 148 valence electrons. The van der Waals surface area contributed by atoms with Crippen LogP contribution < -0.4 is 0 Å². The van der Waals surface area contributed by atoms with Crippen molar-refractivity contribution >= 4 is 11.1 Å². The lowest BCUT2D eigenvalue weighted by atomic mass is 9.83. The summed E-state index contributed by atoms with van der Waals surface area (Å²) in [5.74, 6) is -16.3. The van der Waals surface area contributed by atoms with Gasteiger partial charge in [-0.15, -0.1) is 0 Å². The highest BCUT2D eigenvalue weighted by Crippen LogP contribution is 2.54. The van der Waals surface area contributed by atoms with Crippen molar-refractivity contribution < 1.29 is 35.1 Å². The van der Waals surface area contributed by atoms with E-state index in [2.05, 4.69) is 0 Å². The Bertz CT molecular complexity index is 947. The molecule has 0 spiro atoms. The quantitative estimate of drug-likeness (QED) is 0.494. The summed E-state index contributed by atoms with van der Waals surface area (Å²) in [7, 11) is 0. The average molecular weight is 404 g/mol. The Balaban J connectivity index is 2.25. The van der Waals surface area contributed by atoms with Crippen LogP contribution in [0, 0.1) is 37.1 Å². The van der Waals surface area contributed by atoms with Crippen LogP contribution in [0.2, 0.25) is 0 Å². The van der Waals surface area contributed by atoms with Crippen LogP contribution in [0.1, 0.15) is 22.3 Å². The summed E-state index contributed by atoms with van der Waals surface area (Å²) < 4.78 is 114.